The van der Waals surface area contributed by atoms with E-state index in [4.69, 9.17) is 0 Å². The van der Waals surface area contributed by atoms with Gasteiger partial charge in [0.25, 0.3) is 0 Å². The Kier molecular flexibility index (Phi) is 6.90. The molecule has 4 aromatic rings. The Labute approximate surface area is 188 Å². The number of aromatic nitrogens is 4. The van der Waals surface area contributed by atoms with Crippen LogP contribution in [0.25, 0.3) is 11.2 Å². The normalized spacial score (nSPS) is 11.1. The number of imidazole rings is 1. The zero-order valence-electron chi connectivity index (χ0n) is 18.7. The van der Waals surface area contributed by atoms with Crippen LogP contribution in [0.3, 0.4) is 0 Å². The average molecular weight is 428 g/mol. The van der Waals surface area contributed by atoms with Crippen LogP contribution >= 0.6 is 0 Å². The number of rotatable bonds is 10. The predicted molar refractivity (Wildman–Crippen MR) is 128 cm³/mol. The summed E-state index contributed by atoms with van der Waals surface area (Å²) in [5.41, 5.74) is 5.14. The van der Waals surface area contributed by atoms with E-state index in [9.17, 15) is 4.79 Å². The fourth-order valence-electron chi connectivity index (χ4n) is 3.84. The maximum atomic E-state index is 12.9. The first-order valence-corrected chi connectivity index (χ1v) is 11.3. The van der Waals surface area contributed by atoms with E-state index >= 15 is 0 Å². The van der Waals surface area contributed by atoms with E-state index in [1.807, 2.05) is 47.9 Å². The highest BCUT2D eigenvalue weighted by atomic mass is 16.1. The van der Waals surface area contributed by atoms with Gasteiger partial charge in [0, 0.05) is 12.0 Å². The molecule has 0 aliphatic carbocycles. The number of nitrogens with one attached hydrogen (secondary N) is 1. The minimum absolute atomic E-state index is 0.159. The first-order valence-electron chi connectivity index (χ1n) is 11.3. The molecule has 164 valence electrons. The van der Waals surface area contributed by atoms with Gasteiger partial charge >= 0.3 is 0 Å². The summed E-state index contributed by atoms with van der Waals surface area (Å²) in [6.07, 6.45) is 8.20. The molecule has 0 spiro atoms. The Morgan fingerprint density at radius 3 is 2.66 bits per heavy atom. The van der Waals surface area contributed by atoms with Gasteiger partial charge in [-0.15, -0.1) is 0 Å². The molecule has 2 heterocycles. The van der Waals surface area contributed by atoms with Crippen LogP contribution in [0.15, 0.2) is 61.2 Å². The van der Waals surface area contributed by atoms with Gasteiger partial charge < -0.3 is 9.88 Å². The molecule has 6 heteroatoms. The van der Waals surface area contributed by atoms with E-state index in [2.05, 4.69) is 39.3 Å². The molecule has 0 atom stereocenters. The molecule has 0 aliphatic rings. The predicted octanol–water partition coefficient (Wildman–Crippen LogP) is 6.08. The summed E-state index contributed by atoms with van der Waals surface area (Å²) >= 11 is 0. The molecule has 1 N–H and O–H groups in total. The molecular weight excluding hydrogens is 398 g/mol. The molecule has 0 saturated heterocycles. The molecule has 0 amide bonds. The average Bonchev–Trinajstić information content (AvgIpc) is 3.22. The molecule has 2 aromatic heterocycles. The number of aryl methyl sites for hydroxylation is 1. The molecule has 2 aromatic carbocycles. The second-order valence-electron chi connectivity index (χ2n) is 8.16. The van der Waals surface area contributed by atoms with Crippen molar-refractivity contribution in [2.24, 2.45) is 0 Å². The molecule has 0 radical (unpaired) electrons. The number of unbranched alkanes of at least 4 members (excludes halogenated alkanes) is 3. The van der Waals surface area contributed by atoms with Crippen LogP contribution in [-0.4, -0.2) is 25.3 Å². The number of Topliss-reactive ketones (excluding diaryl/α,β-unsaturated/α-hetero) is 1. The second kappa shape index (κ2) is 10.2. The summed E-state index contributed by atoms with van der Waals surface area (Å²) in [6, 6.07) is 16.1. The fourth-order valence-corrected chi connectivity index (χ4v) is 3.84. The van der Waals surface area contributed by atoms with Crippen LogP contribution in [0.5, 0.6) is 0 Å². The number of anilines is 2. The van der Waals surface area contributed by atoms with Crippen LogP contribution in [0.4, 0.5) is 11.5 Å². The topological polar surface area (TPSA) is 72.7 Å². The SMILES string of the molecule is CCCCCCC(=O)c1cc(C)ccc1Nc1ncnc2c1ncn2Cc1ccccc1. The Balaban J connectivity index is 1.59. The summed E-state index contributed by atoms with van der Waals surface area (Å²) in [5.74, 6) is 0.762. The third-order valence-electron chi connectivity index (χ3n) is 5.58. The summed E-state index contributed by atoms with van der Waals surface area (Å²) in [6.45, 7) is 4.86. The van der Waals surface area contributed by atoms with Gasteiger partial charge in [0.15, 0.2) is 22.8 Å². The van der Waals surface area contributed by atoms with Crippen LogP contribution < -0.4 is 5.32 Å². The second-order valence-corrected chi connectivity index (χ2v) is 8.16. The van der Waals surface area contributed by atoms with E-state index < -0.39 is 0 Å². The minimum atomic E-state index is 0.159. The third kappa shape index (κ3) is 5.02. The molecule has 0 bridgehead atoms. The molecular formula is C26H29N5O. The van der Waals surface area contributed by atoms with Gasteiger partial charge in [-0.25, -0.2) is 15.0 Å². The van der Waals surface area contributed by atoms with E-state index in [0.29, 0.717) is 29.9 Å². The van der Waals surface area contributed by atoms with Gasteiger partial charge in [0.05, 0.1) is 18.6 Å². The highest BCUT2D eigenvalue weighted by Gasteiger charge is 2.15. The van der Waals surface area contributed by atoms with Crippen molar-refractivity contribution in [3.63, 3.8) is 0 Å². The molecule has 6 nitrogen and oxygen atoms in total. The van der Waals surface area contributed by atoms with Crippen molar-refractivity contribution >= 4 is 28.5 Å². The van der Waals surface area contributed by atoms with Gasteiger partial charge in [0.1, 0.15) is 6.33 Å². The van der Waals surface area contributed by atoms with Crippen LogP contribution in [0, 0.1) is 6.92 Å². The Bertz CT molecular complexity index is 1200. The molecule has 0 unspecified atom stereocenters. The van der Waals surface area contributed by atoms with E-state index in [0.717, 1.165) is 42.6 Å². The maximum absolute atomic E-state index is 12.9. The standard InChI is InChI=1S/C26H29N5O/c1-3-4-5-9-12-23(32)21-15-19(2)13-14-22(21)30-25-24-26(28-17-27-25)31(18-29-24)16-20-10-7-6-8-11-20/h6-8,10-11,13-15,17-18H,3-5,9,12,16H2,1-2H3,(H,27,28,30). The van der Waals surface area contributed by atoms with Crippen molar-refractivity contribution < 1.29 is 4.79 Å². The maximum Gasteiger partial charge on any atom is 0.165 e. The number of carbonyl (C=O) groups is 1. The minimum Gasteiger partial charge on any atom is -0.338 e. The van der Waals surface area contributed by atoms with E-state index in [1.54, 1.807) is 6.33 Å². The quantitative estimate of drug-likeness (QED) is 0.245. The van der Waals surface area contributed by atoms with Gasteiger partial charge in [-0.3, -0.25) is 4.79 Å². The first kappa shape index (κ1) is 21.7. The lowest BCUT2D eigenvalue weighted by Crippen LogP contribution is -2.06. The van der Waals surface area contributed by atoms with Gasteiger partial charge in [-0.05, 0) is 31.0 Å². The van der Waals surface area contributed by atoms with Crippen LogP contribution in [-0.2, 0) is 6.54 Å². The van der Waals surface area contributed by atoms with E-state index in [-0.39, 0.29) is 5.78 Å². The van der Waals surface area contributed by atoms with Crippen molar-refractivity contribution in [2.45, 2.75) is 52.5 Å². The largest absolute Gasteiger partial charge is 0.338 e. The zero-order chi connectivity index (χ0) is 22.3. The highest BCUT2D eigenvalue weighted by Crippen LogP contribution is 2.27. The fraction of sp³-hybridized carbons (Fsp3) is 0.308. The van der Waals surface area contributed by atoms with E-state index in [1.165, 1.54) is 11.9 Å². The number of hydrogen-bond acceptors (Lipinski definition) is 5. The lowest BCUT2D eigenvalue weighted by atomic mass is 10.0. The number of fused-ring (bicyclic) bond motifs is 1. The molecule has 0 aliphatic heterocycles. The Hall–Kier alpha value is -3.54. The third-order valence-corrected chi connectivity index (χ3v) is 5.58. The molecule has 32 heavy (non-hydrogen) atoms. The molecule has 0 fully saturated rings. The monoisotopic (exact) mass is 427 g/mol. The number of nitrogens with zero attached hydrogens (tertiary/aromatic N) is 4. The number of ketones is 1. The lowest BCUT2D eigenvalue weighted by molar-refractivity contribution is 0.0980. The van der Waals surface area contributed by atoms with Crippen molar-refractivity contribution in [1.29, 1.82) is 0 Å². The first-order chi connectivity index (χ1) is 15.7. The summed E-state index contributed by atoms with van der Waals surface area (Å²) in [7, 11) is 0. The van der Waals surface area contributed by atoms with Crippen molar-refractivity contribution in [1.82, 2.24) is 19.5 Å². The summed E-state index contributed by atoms with van der Waals surface area (Å²) in [5, 5.41) is 3.35. The lowest BCUT2D eigenvalue weighted by Gasteiger charge is -2.12. The number of hydrogen-bond donors (Lipinski definition) is 1. The van der Waals surface area contributed by atoms with Gasteiger partial charge in [0.2, 0.25) is 0 Å². The zero-order valence-corrected chi connectivity index (χ0v) is 18.7. The smallest absolute Gasteiger partial charge is 0.165 e. The van der Waals surface area contributed by atoms with Crippen LogP contribution in [0.1, 0.15) is 60.5 Å². The summed E-state index contributed by atoms with van der Waals surface area (Å²) in [4.78, 5) is 26.4. The molecule has 0 saturated carbocycles. The van der Waals surface area contributed by atoms with Crippen LogP contribution in [0.2, 0.25) is 0 Å². The molecule has 4 rings (SSSR count). The number of benzene rings is 2. The Morgan fingerprint density at radius 2 is 1.84 bits per heavy atom. The highest BCUT2D eigenvalue weighted by molar-refractivity contribution is 6.02. The Morgan fingerprint density at radius 1 is 1.00 bits per heavy atom. The summed E-state index contributed by atoms with van der Waals surface area (Å²) < 4.78 is 2.01. The van der Waals surface area contributed by atoms with Gasteiger partial charge in [-0.2, -0.15) is 0 Å². The number of carbonyl (C=O) groups excluding carboxylic acids is 1. The van der Waals surface area contributed by atoms with Crippen molar-refractivity contribution in [3.05, 3.63) is 77.9 Å². The van der Waals surface area contributed by atoms with Crippen molar-refractivity contribution in [3.8, 4) is 0 Å². The van der Waals surface area contributed by atoms with Gasteiger partial charge in [-0.1, -0.05) is 68.1 Å². The van der Waals surface area contributed by atoms with Crippen molar-refractivity contribution in [2.75, 3.05) is 5.32 Å².